The molecule has 0 aliphatic heterocycles. The maximum atomic E-state index is 12.2. The first-order valence-corrected chi connectivity index (χ1v) is 8.37. The molecule has 1 amide bonds. The summed E-state index contributed by atoms with van der Waals surface area (Å²) in [6.45, 7) is 0. The van der Waals surface area contributed by atoms with Crippen LogP contribution in [-0.4, -0.2) is 21.1 Å². The molecule has 0 saturated heterocycles. The van der Waals surface area contributed by atoms with Gasteiger partial charge in [-0.05, 0) is 24.3 Å². The van der Waals surface area contributed by atoms with Gasteiger partial charge in [0.25, 0.3) is 5.91 Å². The molecule has 24 heavy (non-hydrogen) atoms. The number of halogens is 1. The maximum absolute atomic E-state index is 12.2. The Bertz CT molecular complexity index is 1030. The van der Waals surface area contributed by atoms with E-state index >= 15 is 0 Å². The number of carbonyl (C=O) groups excluding carboxylic acids is 1. The molecule has 4 rings (SSSR count). The number of hydrogen-bond donors (Lipinski definition) is 2. The minimum absolute atomic E-state index is 0.194. The van der Waals surface area contributed by atoms with Gasteiger partial charge in [-0.3, -0.25) is 15.2 Å². The van der Waals surface area contributed by atoms with Crippen LogP contribution in [-0.2, 0) is 0 Å². The number of anilines is 1. The molecule has 4 aromatic rings. The van der Waals surface area contributed by atoms with Crippen LogP contribution in [0.1, 0.15) is 10.4 Å². The van der Waals surface area contributed by atoms with E-state index in [1.54, 1.807) is 12.1 Å². The van der Waals surface area contributed by atoms with Gasteiger partial charge in [-0.25, -0.2) is 0 Å². The van der Waals surface area contributed by atoms with Crippen molar-refractivity contribution < 1.29 is 4.79 Å². The predicted molar refractivity (Wildman–Crippen MR) is 96.6 cm³/mol. The van der Waals surface area contributed by atoms with Gasteiger partial charge in [0.2, 0.25) is 0 Å². The smallest absolute Gasteiger partial charge is 0.257 e. The van der Waals surface area contributed by atoms with Crippen LogP contribution in [0.4, 0.5) is 5.13 Å². The highest BCUT2D eigenvalue weighted by molar-refractivity contribution is 7.22. The molecule has 5 nitrogen and oxygen atoms in total. The van der Waals surface area contributed by atoms with Crippen molar-refractivity contribution in [2.45, 2.75) is 0 Å². The monoisotopic (exact) mass is 354 g/mol. The Hall–Kier alpha value is -2.70. The molecule has 2 heterocycles. The third-order valence-electron chi connectivity index (χ3n) is 3.48. The van der Waals surface area contributed by atoms with E-state index in [2.05, 4.69) is 20.5 Å². The zero-order chi connectivity index (χ0) is 16.5. The molecule has 0 bridgehead atoms. The number of rotatable bonds is 3. The molecule has 118 valence electrons. The molecule has 0 unspecified atom stereocenters. The Morgan fingerprint density at radius 3 is 2.75 bits per heavy atom. The van der Waals surface area contributed by atoms with Crippen molar-refractivity contribution in [3.05, 3.63) is 65.2 Å². The van der Waals surface area contributed by atoms with Crippen molar-refractivity contribution in [2.24, 2.45) is 0 Å². The second kappa shape index (κ2) is 6.07. The fourth-order valence-corrected chi connectivity index (χ4v) is 3.47. The fraction of sp³-hybridized carbons (Fsp3) is 0. The van der Waals surface area contributed by atoms with Gasteiger partial charge < -0.3 is 0 Å². The van der Waals surface area contributed by atoms with Crippen molar-refractivity contribution in [3.63, 3.8) is 0 Å². The SMILES string of the molecule is O=C(Nc1nc2n[nH]c(-c3cccc(Cl)c3)c2s1)c1ccccc1. The molecule has 0 saturated carbocycles. The molecule has 0 aliphatic rings. The molecular formula is C17H11ClN4OS. The zero-order valence-electron chi connectivity index (χ0n) is 12.3. The average molecular weight is 355 g/mol. The quantitative estimate of drug-likeness (QED) is 0.565. The van der Waals surface area contributed by atoms with E-state index in [9.17, 15) is 4.79 Å². The normalized spacial score (nSPS) is 10.9. The number of H-pyrrole nitrogens is 1. The van der Waals surface area contributed by atoms with Crippen molar-refractivity contribution in [2.75, 3.05) is 5.32 Å². The number of hydrogen-bond acceptors (Lipinski definition) is 4. The summed E-state index contributed by atoms with van der Waals surface area (Å²) in [4.78, 5) is 16.6. The molecule has 7 heteroatoms. The minimum atomic E-state index is -0.194. The van der Waals surface area contributed by atoms with Crippen LogP contribution < -0.4 is 5.32 Å². The van der Waals surface area contributed by atoms with Gasteiger partial charge in [0.15, 0.2) is 10.8 Å². The third kappa shape index (κ3) is 2.77. The lowest BCUT2D eigenvalue weighted by atomic mass is 10.1. The van der Waals surface area contributed by atoms with Crippen molar-refractivity contribution in [1.29, 1.82) is 0 Å². The molecule has 2 aromatic carbocycles. The van der Waals surface area contributed by atoms with E-state index in [-0.39, 0.29) is 5.91 Å². The van der Waals surface area contributed by atoms with Crippen LogP contribution in [0, 0.1) is 0 Å². The summed E-state index contributed by atoms with van der Waals surface area (Å²) in [5, 5.41) is 11.2. The lowest BCUT2D eigenvalue weighted by molar-refractivity contribution is 0.102. The standard InChI is InChI=1S/C17H11ClN4OS/c18-12-8-4-7-11(9-12)13-14-15(22-21-13)19-17(24-14)20-16(23)10-5-2-1-3-6-10/h1-9H,(H2,19,20,21,22,23). The Balaban J connectivity index is 1.66. The van der Waals surface area contributed by atoms with Gasteiger partial charge >= 0.3 is 0 Å². The Morgan fingerprint density at radius 2 is 1.96 bits per heavy atom. The molecule has 2 aromatic heterocycles. The Kier molecular flexibility index (Phi) is 3.76. The van der Waals surface area contributed by atoms with Gasteiger partial charge in [-0.1, -0.05) is 53.3 Å². The van der Waals surface area contributed by atoms with Crippen LogP contribution in [0.2, 0.25) is 5.02 Å². The van der Waals surface area contributed by atoms with E-state index in [0.717, 1.165) is 16.0 Å². The molecule has 0 aliphatic carbocycles. The number of aromatic amines is 1. The molecule has 0 atom stereocenters. The van der Waals surface area contributed by atoms with Crippen molar-refractivity contribution in [1.82, 2.24) is 15.2 Å². The van der Waals surface area contributed by atoms with Crippen LogP contribution in [0.25, 0.3) is 21.6 Å². The first kappa shape index (κ1) is 14.9. The largest absolute Gasteiger partial charge is 0.298 e. The van der Waals surface area contributed by atoms with Gasteiger partial charge in [0.05, 0.1) is 5.69 Å². The van der Waals surface area contributed by atoms with Gasteiger partial charge in [-0.2, -0.15) is 10.1 Å². The first-order valence-electron chi connectivity index (χ1n) is 7.18. The lowest BCUT2D eigenvalue weighted by Gasteiger charge is -2.00. The molecule has 0 radical (unpaired) electrons. The fourth-order valence-electron chi connectivity index (χ4n) is 2.36. The highest BCUT2D eigenvalue weighted by Gasteiger charge is 2.15. The van der Waals surface area contributed by atoms with E-state index in [0.29, 0.717) is 21.4 Å². The van der Waals surface area contributed by atoms with Crippen LogP contribution in [0.3, 0.4) is 0 Å². The first-order chi connectivity index (χ1) is 11.7. The van der Waals surface area contributed by atoms with Gasteiger partial charge in [0, 0.05) is 16.1 Å². The second-order valence-electron chi connectivity index (χ2n) is 5.10. The van der Waals surface area contributed by atoms with Gasteiger partial charge in [-0.15, -0.1) is 0 Å². The predicted octanol–water partition coefficient (Wildman–Crippen LogP) is 4.59. The average Bonchev–Trinajstić information content (AvgIpc) is 3.15. The summed E-state index contributed by atoms with van der Waals surface area (Å²) in [5.41, 5.74) is 2.92. The molecular weight excluding hydrogens is 344 g/mol. The number of aromatic nitrogens is 3. The van der Waals surface area contributed by atoms with Crippen molar-refractivity contribution >= 4 is 44.3 Å². The number of carbonyl (C=O) groups is 1. The summed E-state index contributed by atoms with van der Waals surface area (Å²) < 4.78 is 0.876. The van der Waals surface area contributed by atoms with E-state index in [4.69, 9.17) is 11.6 Å². The summed E-state index contributed by atoms with van der Waals surface area (Å²) >= 11 is 7.43. The Labute approximate surface area is 146 Å². The minimum Gasteiger partial charge on any atom is -0.298 e. The van der Waals surface area contributed by atoms with Crippen molar-refractivity contribution in [3.8, 4) is 11.3 Å². The van der Waals surface area contributed by atoms with Gasteiger partial charge in [0.1, 0.15) is 4.70 Å². The van der Waals surface area contributed by atoms with Crippen LogP contribution in [0.15, 0.2) is 54.6 Å². The Morgan fingerprint density at radius 1 is 1.12 bits per heavy atom. The highest BCUT2D eigenvalue weighted by atomic mass is 35.5. The molecule has 2 N–H and O–H groups in total. The summed E-state index contributed by atoms with van der Waals surface area (Å²) in [6.07, 6.45) is 0. The second-order valence-corrected chi connectivity index (χ2v) is 6.54. The summed E-state index contributed by atoms with van der Waals surface area (Å²) in [6, 6.07) is 16.5. The van der Waals surface area contributed by atoms with Crippen LogP contribution in [0.5, 0.6) is 0 Å². The summed E-state index contributed by atoms with van der Waals surface area (Å²) in [7, 11) is 0. The number of nitrogens with zero attached hydrogens (tertiary/aromatic N) is 2. The third-order valence-corrected chi connectivity index (χ3v) is 4.69. The lowest BCUT2D eigenvalue weighted by Crippen LogP contribution is -2.11. The summed E-state index contributed by atoms with van der Waals surface area (Å²) in [5.74, 6) is -0.194. The molecule has 0 spiro atoms. The number of fused-ring (bicyclic) bond motifs is 1. The van der Waals surface area contributed by atoms with E-state index in [1.807, 2.05) is 42.5 Å². The van der Waals surface area contributed by atoms with Crippen LogP contribution >= 0.6 is 22.9 Å². The highest BCUT2D eigenvalue weighted by Crippen LogP contribution is 2.34. The zero-order valence-corrected chi connectivity index (χ0v) is 13.9. The molecule has 0 fully saturated rings. The maximum Gasteiger partial charge on any atom is 0.257 e. The van der Waals surface area contributed by atoms with E-state index < -0.39 is 0 Å². The number of nitrogens with one attached hydrogen (secondary N) is 2. The number of benzene rings is 2. The number of thiazole rings is 1. The topological polar surface area (TPSA) is 70.7 Å². The van der Waals surface area contributed by atoms with E-state index in [1.165, 1.54) is 11.3 Å². The number of amides is 1.